The van der Waals surface area contributed by atoms with Crippen LogP contribution in [0.1, 0.15) is 329 Å². The van der Waals surface area contributed by atoms with Crippen LogP contribution >= 0.6 is 0 Å². The molecule has 474 valence electrons. The van der Waals surface area contributed by atoms with Crippen molar-refractivity contribution in [2.45, 2.75) is 335 Å². The second-order valence-electron chi connectivity index (χ2n) is 23.0. The summed E-state index contributed by atoms with van der Waals surface area (Å²) >= 11 is 0. The van der Waals surface area contributed by atoms with Crippen LogP contribution < -0.4 is 0 Å². The zero-order valence-electron chi connectivity index (χ0n) is 54.4. The number of carbonyl (C=O) groups is 3. The molecule has 0 aliphatic carbocycles. The predicted molar refractivity (Wildman–Crippen MR) is 362 cm³/mol. The van der Waals surface area contributed by atoms with Gasteiger partial charge in [-0.2, -0.15) is 0 Å². The molecule has 6 heteroatoms. The monoisotopic (exact) mass is 1150 g/mol. The van der Waals surface area contributed by atoms with Gasteiger partial charge in [-0.1, -0.05) is 322 Å². The highest BCUT2D eigenvalue weighted by Crippen LogP contribution is 2.17. The summed E-state index contributed by atoms with van der Waals surface area (Å²) in [5, 5.41) is 0. The van der Waals surface area contributed by atoms with Crippen LogP contribution in [0.15, 0.2) is 122 Å². The van der Waals surface area contributed by atoms with Gasteiger partial charge in [0, 0.05) is 19.3 Å². The van der Waals surface area contributed by atoms with E-state index in [9.17, 15) is 14.4 Å². The van der Waals surface area contributed by atoms with Crippen LogP contribution in [0.5, 0.6) is 0 Å². The second kappa shape index (κ2) is 70.3. The highest BCUT2D eigenvalue weighted by molar-refractivity contribution is 5.71. The molecule has 0 aromatic heterocycles. The molecule has 0 rings (SSSR count). The van der Waals surface area contributed by atoms with Gasteiger partial charge in [-0.05, 0) is 109 Å². The molecule has 0 aliphatic heterocycles. The Hall–Kier alpha value is -4.19. The molecule has 0 N–H and O–H groups in total. The van der Waals surface area contributed by atoms with Crippen molar-refractivity contribution in [1.82, 2.24) is 0 Å². The van der Waals surface area contributed by atoms with Gasteiger partial charge in [-0.25, -0.2) is 0 Å². The number of hydrogen-bond donors (Lipinski definition) is 0. The van der Waals surface area contributed by atoms with E-state index >= 15 is 0 Å². The molecular weight excluding hydrogens is 1020 g/mol. The molecule has 0 saturated carbocycles. The molecule has 0 aromatic rings. The van der Waals surface area contributed by atoms with E-state index in [4.69, 9.17) is 14.2 Å². The van der Waals surface area contributed by atoms with Gasteiger partial charge >= 0.3 is 17.9 Å². The van der Waals surface area contributed by atoms with Crippen LogP contribution in [0.4, 0.5) is 0 Å². The average molecular weight is 1150 g/mol. The fraction of sp³-hybridized carbons (Fsp3) is 0.701. The van der Waals surface area contributed by atoms with E-state index < -0.39 is 6.10 Å². The summed E-state index contributed by atoms with van der Waals surface area (Å²) in [5.41, 5.74) is 0. The van der Waals surface area contributed by atoms with Crippen molar-refractivity contribution in [3.8, 4) is 0 Å². The molecule has 0 amide bonds. The third-order valence-electron chi connectivity index (χ3n) is 15.0. The Kier molecular flexibility index (Phi) is 66.7. The summed E-state index contributed by atoms with van der Waals surface area (Å²) in [6.07, 6.45) is 97.8. The maximum atomic E-state index is 13.0. The maximum absolute atomic E-state index is 13.0. The first-order valence-corrected chi connectivity index (χ1v) is 35.0. The molecule has 0 fully saturated rings. The maximum Gasteiger partial charge on any atom is 0.306 e. The Balaban J connectivity index is 4.39. The van der Waals surface area contributed by atoms with Gasteiger partial charge in [0.2, 0.25) is 0 Å². The van der Waals surface area contributed by atoms with E-state index in [1.807, 2.05) is 0 Å². The topological polar surface area (TPSA) is 78.9 Å². The third kappa shape index (κ3) is 68.5. The number of unbranched alkanes of at least 4 members (excludes halogenated alkanes) is 32. The molecule has 6 nitrogen and oxygen atoms in total. The minimum Gasteiger partial charge on any atom is -0.462 e. The molecule has 1 atom stereocenters. The normalized spacial score (nSPS) is 12.9. The SMILES string of the molecule is CC/C=C\C/C=C\C/C=C\C/C=C\C/C=C\CCCCCCCCCCCCCC(=O)OCC(COC(=O)CCCCCCCCCCCCCCCCCCC)OC(=O)CCCCCCC/C=C\C/C=C\C/C=C\C/C=C\C/C=C\CC. The lowest BCUT2D eigenvalue weighted by molar-refractivity contribution is -0.167. The number of allylic oxidation sites excluding steroid dienone is 20. The fourth-order valence-corrected chi connectivity index (χ4v) is 9.79. The summed E-state index contributed by atoms with van der Waals surface area (Å²) in [6.45, 7) is 6.43. The van der Waals surface area contributed by atoms with Crippen molar-refractivity contribution in [2.24, 2.45) is 0 Å². The quantitative estimate of drug-likeness (QED) is 0.0261. The van der Waals surface area contributed by atoms with Gasteiger partial charge in [0.05, 0.1) is 0 Å². The third-order valence-corrected chi connectivity index (χ3v) is 15.0. The molecule has 0 radical (unpaired) electrons. The molecule has 0 aliphatic rings. The van der Waals surface area contributed by atoms with Gasteiger partial charge < -0.3 is 14.2 Å². The summed E-state index contributed by atoms with van der Waals surface area (Å²) in [4.78, 5) is 38.5. The Labute approximate surface area is 513 Å². The van der Waals surface area contributed by atoms with Gasteiger partial charge in [-0.3, -0.25) is 14.4 Å². The molecule has 0 saturated heterocycles. The summed E-state index contributed by atoms with van der Waals surface area (Å²) in [5.74, 6) is -0.894. The van der Waals surface area contributed by atoms with Crippen molar-refractivity contribution >= 4 is 17.9 Å². The number of ether oxygens (including phenoxy) is 3. The fourth-order valence-electron chi connectivity index (χ4n) is 9.79. The van der Waals surface area contributed by atoms with E-state index in [1.54, 1.807) is 0 Å². The highest BCUT2D eigenvalue weighted by atomic mass is 16.6. The smallest absolute Gasteiger partial charge is 0.306 e. The molecular formula is C77H130O6. The second-order valence-corrected chi connectivity index (χ2v) is 23.0. The number of esters is 3. The lowest BCUT2D eigenvalue weighted by atomic mass is 10.0. The number of hydrogen-bond acceptors (Lipinski definition) is 6. The van der Waals surface area contributed by atoms with Crippen molar-refractivity contribution in [3.63, 3.8) is 0 Å². The van der Waals surface area contributed by atoms with Gasteiger partial charge in [0.1, 0.15) is 13.2 Å². The van der Waals surface area contributed by atoms with Crippen LogP contribution in [-0.4, -0.2) is 37.2 Å². The molecule has 1 unspecified atom stereocenters. The highest BCUT2D eigenvalue weighted by Gasteiger charge is 2.19. The number of rotatable bonds is 63. The van der Waals surface area contributed by atoms with E-state index in [0.717, 1.165) is 141 Å². The van der Waals surface area contributed by atoms with E-state index in [0.29, 0.717) is 19.3 Å². The minimum absolute atomic E-state index is 0.0856. The number of carbonyl (C=O) groups excluding carboxylic acids is 3. The van der Waals surface area contributed by atoms with Crippen LogP contribution in [0.2, 0.25) is 0 Å². The van der Waals surface area contributed by atoms with E-state index in [1.165, 1.54) is 148 Å². The first kappa shape index (κ1) is 78.8. The lowest BCUT2D eigenvalue weighted by Crippen LogP contribution is -2.30. The Morgan fingerprint density at radius 3 is 0.735 bits per heavy atom. The molecule has 0 bridgehead atoms. The first-order valence-electron chi connectivity index (χ1n) is 35.0. The Morgan fingerprint density at radius 2 is 0.470 bits per heavy atom. The first-order chi connectivity index (χ1) is 41.0. The van der Waals surface area contributed by atoms with Crippen LogP contribution in [0.3, 0.4) is 0 Å². The molecule has 0 heterocycles. The van der Waals surface area contributed by atoms with Crippen molar-refractivity contribution < 1.29 is 28.6 Å². The summed E-state index contributed by atoms with van der Waals surface area (Å²) in [6, 6.07) is 0. The van der Waals surface area contributed by atoms with E-state index in [-0.39, 0.29) is 31.1 Å². The zero-order chi connectivity index (χ0) is 59.9. The molecule has 0 aromatic carbocycles. The largest absolute Gasteiger partial charge is 0.462 e. The Bertz CT molecular complexity index is 1700. The van der Waals surface area contributed by atoms with Crippen LogP contribution in [0, 0.1) is 0 Å². The van der Waals surface area contributed by atoms with Crippen LogP contribution in [-0.2, 0) is 28.6 Å². The van der Waals surface area contributed by atoms with Crippen molar-refractivity contribution in [3.05, 3.63) is 122 Å². The standard InChI is InChI=1S/C77H130O6/c1-4-7-10-13-16-19-22-25-28-31-33-35-36-37-38-39-40-42-43-46-49-52-55-58-61-64-67-70-76(79)82-73-74(72-81-75(78)69-66-63-60-57-54-51-48-45-30-27-24-21-18-15-12-9-6-3)83-77(80)71-68-65-62-59-56-53-50-47-44-41-34-32-29-26-23-20-17-14-11-8-5-2/h7-8,10-11,16-17,19-20,25-26,28-29,33-35,37-38,41,47,50,74H,4-6,9,12-15,18,21-24,27,30-32,36,39-40,42-46,48-49,51-73H2,1-3H3/b10-7-,11-8-,19-16-,20-17-,28-25-,29-26-,35-33-,38-37-,41-34-,50-47-. The average Bonchev–Trinajstić information content (AvgIpc) is 3.49. The van der Waals surface area contributed by atoms with Gasteiger partial charge in [0.25, 0.3) is 0 Å². The summed E-state index contributed by atoms with van der Waals surface area (Å²) < 4.78 is 17.0. The van der Waals surface area contributed by atoms with E-state index in [2.05, 4.69) is 142 Å². The zero-order valence-corrected chi connectivity index (χ0v) is 54.4. The minimum atomic E-state index is -0.793. The predicted octanol–water partition coefficient (Wildman–Crippen LogP) is 24.3. The lowest BCUT2D eigenvalue weighted by Gasteiger charge is -2.18. The van der Waals surface area contributed by atoms with Gasteiger partial charge in [0.15, 0.2) is 6.10 Å². The van der Waals surface area contributed by atoms with Crippen molar-refractivity contribution in [1.29, 1.82) is 0 Å². The Morgan fingerprint density at radius 1 is 0.253 bits per heavy atom. The van der Waals surface area contributed by atoms with Crippen molar-refractivity contribution in [2.75, 3.05) is 13.2 Å². The van der Waals surface area contributed by atoms with Gasteiger partial charge in [-0.15, -0.1) is 0 Å². The molecule has 0 spiro atoms. The molecule has 83 heavy (non-hydrogen) atoms. The van der Waals surface area contributed by atoms with Crippen LogP contribution in [0.25, 0.3) is 0 Å². The summed E-state index contributed by atoms with van der Waals surface area (Å²) in [7, 11) is 0.